The van der Waals surface area contributed by atoms with Gasteiger partial charge in [0.15, 0.2) is 12.1 Å². The van der Waals surface area contributed by atoms with Gasteiger partial charge >= 0.3 is 0 Å². The molecule has 0 spiro atoms. The lowest BCUT2D eigenvalue weighted by Crippen LogP contribution is -2.42. The molecule has 2 atom stereocenters. The standard InChI is InChI=1S/C18H23NO3/c1-19-15-6-7-16(19)11-14(10-15)17(20)12-2-4-13(5-3-12)18-21-8-9-22-18/h2-5,14-16,18H,6-11H2,1H3. The smallest absolute Gasteiger partial charge is 0.184 e. The van der Waals surface area contributed by atoms with Crippen molar-refractivity contribution < 1.29 is 14.3 Å². The number of nitrogens with zero attached hydrogens (tertiary/aromatic N) is 1. The highest BCUT2D eigenvalue weighted by Gasteiger charge is 2.40. The van der Waals surface area contributed by atoms with E-state index >= 15 is 0 Å². The number of benzene rings is 1. The van der Waals surface area contributed by atoms with E-state index in [9.17, 15) is 4.79 Å². The predicted molar refractivity (Wildman–Crippen MR) is 82.7 cm³/mol. The van der Waals surface area contributed by atoms with Crippen LogP contribution in [-0.4, -0.2) is 43.0 Å². The maximum atomic E-state index is 12.8. The first-order chi connectivity index (χ1) is 10.7. The van der Waals surface area contributed by atoms with E-state index in [1.165, 1.54) is 12.8 Å². The topological polar surface area (TPSA) is 38.8 Å². The lowest BCUT2D eigenvalue weighted by atomic mass is 9.85. The summed E-state index contributed by atoms with van der Waals surface area (Å²) in [5, 5.41) is 0. The summed E-state index contributed by atoms with van der Waals surface area (Å²) in [6, 6.07) is 9.00. The molecule has 4 rings (SSSR count). The molecule has 3 saturated heterocycles. The first-order valence-electron chi connectivity index (χ1n) is 8.31. The first kappa shape index (κ1) is 14.4. The summed E-state index contributed by atoms with van der Waals surface area (Å²) in [6.07, 6.45) is 4.27. The number of hydrogen-bond acceptors (Lipinski definition) is 4. The molecule has 1 aromatic rings. The van der Waals surface area contributed by atoms with Crippen molar-refractivity contribution in [2.45, 2.75) is 44.1 Å². The average molecular weight is 301 g/mol. The van der Waals surface area contributed by atoms with Crippen LogP contribution in [0.1, 0.15) is 47.9 Å². The fourth-order valence-corrected chi connectivity index (χ4v) is 4.22. The molecule has 0 saturated carbocycles. The minimum atomic E-state index is -0.261. The highest BCUT2D eigenvalue weighted by atomic mass is 16.7. The van der Waals surface area contributed by atoms with E-state index < -0.39 is 0 Å². The molecule has 0 N–H and O–H groups in total. The van der Waals surface area contributed by atoms with Crippen molar-refractivity contribution in [1.29, 1.82) is 0 Å². The third-order valence-electron chi connectivity index (χ3n) is 5.56. The maximum absolute atomic E-state index is 12.8. The van der Waals surface area contributed by atoms with Gasteiger partial charge in [0.1, 0.15) is 0 Å². The predicted octanol–water partition coefficient (Wildman–Crippen LogP) is 2.79. The van der Waals surface area contributed by atoms with Gasteiger partial charge in [-0.2, -0.15) is 0 Å². The van der Waals surface area contributed by atoms with Gasteiger partial charge in [0.05, 0.1) is 13.2 Å². The Bertz CT molecular complexity index is 536. The summed E-state index contributed by atoms with van der Waals surface area (Å²) in [4.78, 5) is 15.3. The molecule has 3 aliphatic rings. The molecule has 0 radical (unpaired) electrons. The minimum Gasteiger partial charge on any atom is -0.346 e. The number of piperidine rings is 1. The monoisotopic (exact) mass is 301 g/mol. The molecule has 22 heavy (non-hydrogen) atoms. The molecule has 3 aliphatic heterocycles. The van der Waals surface area contributed by atoms with E-state index in [0.29, 0.717) is 31.1 Å². The van der Waals surface area contributed by atoms with Gasteiger partial charge in [-0.3, -0.25) is 4.79 Å². The molecule has 4 nitrogen and oxygen atoms in total. The Hall–Kier alpha value is -1.23. The van der Waals surface area contributed by atoms with Crippen molar-refractivity contribution in [2.75, 3.05) is 20.3 Å². The van der Waals surface area contributed by atoms with Crippen molar-refractivity contribution in [3.05, 3.63) is 35.4 Å². The normalized spacial score (nSPS) is 32.5. The second-order valence-corrected chi connectivity index (χ2v) is 6.78. The molecule has 3 heterocycles. The zero-order chi connectivity index (χ0) is 15.1. The second-order valence-electron chi connectivity index (χ2n) is 6.78. The van der Waals surface area contributed by atoms with Gasteiger partial charge in [0, 0.05) is 29.1 Å². The van der Waals surface area contributed by atoms with Crippen molar-refractivity contribution in [3.63, 3.8) is 0 Å². The van der Waals surface area contributed by atoms with Crippen molar-refractivity contribution in [2.24, 2.45) is 5.92 Å². The molecule has 2 bridgehead atoms. The Morgan fingerprint density at radius 3 is 2.23 bits per heavy atom. The van der Waals surface area contributed by atoms with Gasteiger partial charge in [-0.15, -0.1) is 0 Å². The van der Waals surface area contributed by atoms with Crippen molar-refractivity contribution in [3.8, 4) is 0 Å². The SMILES string of the molecule is CN1C2CCC1CC(C(=O)c1ccc(C3OCCO3)cc1)C2. The number of rotatable bonds is 3. The van der Waals surface area contributed by atoms with E-state index in [-0.39, 0.29) is 12.2 Å². The van der Waals surface area contributed by atoms with Crippen LogP contribution in [0.2, 0.25) is 0 Å². The van der Waals surface area contributed by atoms with Crippen LogP contribution < -0.4 is 0 Å². The number of Topliss-reactive ketones (excluding diaryl/α,β-unsaturated/α-hetero) is 1. The largest absolute Gasteiger partial charge is 0.346 e. The summed E-state index contributed by atoms with van der Waals surface area (Å²) in [6.45, 7) is 1.29. The van der Waals surface area contributed by atoms with E-state index in [2.05, 4.69) is 11.9 Å². The highest BCUT2D eigenvalue weighted by molar-refractivity contribution is 5.98. The van der Waals surface area contributed by atoms with E-state index in [1.807, 2.05) is 24.3 Å². The maximum Gasteiger partial charge on any atom is 0.184 e. The number of carbonyl (C=O) groups is 1. The van der Waals surface area contributed by atoms with Gasteiger partial charge in [-0.05, 0) is 32.7 Å². The number of fused-ring (bicyclic) bond motifs is 2. The molecular weight excluding hydrogens is 278 g/mol. The van der Waals surface area contributed by atoms with E-state index in [4.69, 9.17) is 9.47 Å². The average Bonchev–Trinajstić information content (AvgIpc) is 3.13. The molecule has 3 fully saturated rings. The quantitative estimate of drug-likeness (QED) is 0.805. The minimum absolute atomic E-state index is 0.193. The molecule has 0 amide bonds. The van der Waals surface area contributed by atoms with Crippen molar-refractivity contribution >= 4 is 5.78 Å². The Morgan fingerprint density at radius 2 is 1.64 bits per heavy atom. The molecule has 2 unspecified atom stereocenters. The van der Waals surface area contributed by atoms with Gasteiger partial charge in [0.2, 0.25) is 0 Å². The zero-order valence-corrected chi connectivity index (χ0v) is 13.0. The van der Waals surface area contributed by atoms with Gasteiger partial charge in [0.25, 0.3) is 0 Å². The molecule has 1 aromatic carbocycles. The van der Waals surface area contributed by atoms with Crippen LogP contribution in [0.5, 0.6) is 0 Å². The Balaban J connectivity index is 1.46. The van der Waals surface area contributed by atoms with Gasteiger partial charge in [-0.25, -0.2) is 0 Å². The number of ketones is 1. The fourth-order valence-electron chi connectivity index (χ4n) is 4.22. The Kier molecular flexibility index (Phi) is 3.76. The number of hydrogen-bond donors (Lipinski definition) is 0. The van der Waals surface area contributed by atoms with Crippen LogP contribution in [0.4, 0.5) is 0 Å². The Morgan fingerprint density at radius 1 is 1.05 bits per heavy atom. The summed E-state index contributed by atoms with van der Waals surface area (Å²) in [5.74, 6) is 0.503. The number of carbonyl (C=O) groups excluding carboxylic acids is 1. The highest BCUT2D eigenvalue weighted by Crippen LogP contribution is 2.38. The van der Waals surface area contributed by atoms with Crippen LogP contribution in [-0.2, 0) is 9.47 Å². The fraction of sp³-hybridized carbons (Fsp3) is 0.611. The Labute approximate surface area is 131 Å². The summed E-state index contributed by atoms with van der Waals surface area (Å²) in [5.41, 5.74) is 1.83. The molecule has 0 aliphatic carbocycles. The summed E-state index contributed by atoms with van der Waals surface area (Å²) < 4.78 is 11.0. The van der Waals surface area contributed by atoms with Crippen LogP contribution >= 0.6 is 0 Å². The van der Waals surface area contributed by atoms with Crippen LogP contribution in [0.25, 0.3) is 0 Å². The van der Waals surface area contributed by atoms with Crippen LogP contribution in [0, 0.1) is 5.92 Å². The first-order valence-corrected chi connectivity index (χ1v) is 8.31. The van der Waals surface area contributed by atoms with Gasteiger partial charge in [-0.1, -0.05) is 24.3 Å². The van der Waals surface area contributed by atoms with Crippen molar-refractivity contribution in [1.82, 2.24) is 4.90 Å². The molecule has 0 aromatic heterocycles. The van der Waals surface area contributed by atoms with E-state index in [1.54, 1.807) is 0 Å². The van der Waals surface area contributed by atoms with E-state index in [0.717, 1.165) is 24.0 Å². The molecular formula is C18H23NO3. The van der Waals surface area contributed by atoms with Crippen LogP contribution in [0.3, 0.4) is 0 Å². The summed E-state index contributed by atoms with van der Waals surface area (Å²) in [7, 11) is 2.21. The lowest BCUT2D eigenvalue weighted by Gasteiger charge is -2.35. The van der Waals surface area contributed by atoms with Crippen LogP contribution in [0.15, 0.2) is 24.3 Å². The molecule has 4 heteroatoms. The lowest BCUT2D eigenvalue weighted by molar-refractivity contribution is -0.0441. The third-order valence-corrected chi connectivity index (χ3v) is 5.56. The number of ether oxygens (including phenoxy) is 2. The summed E-state index contributed by atoms with van der Waals surface area (Å²) >= 11 is 0. The zero-order valence-electron chi connectivity index (χ0n) is 13.0. The third kappa shape index (κ3) is 2.49. The van der Waals surface area contributed by atoms with Gasteiger partial charge < -0.3 is 14.4 Å². The molecule has 118 valence electrons. The second kappa shape index (κ2) is 5.76.